The van der Waals surface area contributed by atoms with Gasteiger partial charge >= 0.3 is 11.6 Å². The Morgan fingerprint density at radius 3 is 2.82 bits per heavy atom. The maximum absolute atomic E-state index is 12.2. The molecule has 1 heterocycles. The van der Waals surface area contributed by atoms with Crippen molar-refractivity contribution in [3.05, 3.63) is 70.1 Å². The lowest BCUT2D eigenvalue weighted by atomic mass is 10.1. The summed E-state index contributed by atoms with van der Waals surface area (Å²) in [4.78, 5) is 28.2. The molecular formula is C16H11IN2O3. The fourth-order valence-corrected chi connectivity index (χ4v) is 2.51. The third kappa shape index (κ3) is 3.01. The number of carbonyl (C=O) groups excluding carboxylic acids is 1. The van der Waals surface area contributed by atoms with Gasteiger partial charge < -0.3 is 4.42 Å². The molecule has 0 aliphatic heterocycles. The van der Waals surface area contributed by atoms with Crippen LogP contribution in [0.15, 0.2) is 57.7 Å². The third-order valence-corrected chi connectivity index (χ3v) is 3.98. The second-order valence-corrected chi connectivity index (χ2v) is 5.37. The van der Waals surface area contributed by atoms with E-state index in [9.17, 15) is 9.59 Å². The van der Waals surface area contributed by atoms with Crippen LogP contribution in [0.3, 0.4) is 0 Å². The maximum Gasteiger partial charge on any atom is 0.348 e. The minimum atomic E-state index is -0.526. The molecule has 0 atom stereocenters. The molecular weight excluding hydrogens is 395 g/mol. The first kappa shape index (κ1) is 14.7. The SMILES string of the molecule is O=C(Nc1nc2ccccc2c(=O)o1)c1cccc(CI)c1. The van der Waals surface area contributed by atoms with Gasteiger partial charge in [-0.25, -0.2) is 4.79 Å². The number of aromatic nitrogens is 1. The van der Waals surface area contributed by atoms with E-state index in [-0.39, 0.29) is 11.9 Å². The topological polar surface area (TPSA) is 72.2 Å². The molecule has 1 aromatic heterocycles. The van der Waals surface area contributed by atoms with Crippen LogP contribution in [0.2, 0.25) is 0 Å². The average Bonchev–Trinajstić information content (AvgIpc) is 2.55. The van der Waals surface area contributed by atoms with E-state index in [0.717, 1.165) is 9.99 Å². The summed E-state index contributed by atoms with van der Waals surface area (Å²) in [5.74, 6) is -0.363. The van der Waals surface area contributed by atoms with Crippen molar-refractivity contribution in [2.45, 2.75) is 4.43 Å². The highest BCUT2D eigenvalue weighted by Gasteiger charge is 2.11. The van der Waals surface area contributed by atoms with Crippen molar-refractivity contribution in [3.8, 4) is 0 Å². The highest BCUT2D eigenvalue weighted by atomic mass is 127. The van der Waals surface area contributed by atoms with E-state index in [1.807, 2.05) is 12.1 Å². The van der Waals surface area contributed by atoms with Crippen LogP contribution in [0, 0.1) is 0 Å². The predicted molar refractivity (Wildman–Crippen MR) is 92.4 cm³/mol. The first-order valence-electron chi connectivity index (χ1n) is 6.53. The number of hydrogen-bond donors (Lipinski definition) is 1. The molecule has 0 bridgehead atoms. The summed E-state index contributed by atoms with van der Waals surface area (Å²) in [5.41, 5.74) is 1.49. The van der Waals surface area contributed by atoms with Gasteiger partial charge in [0, 0.05) is 9.99 Å². The van der Waals surface area contributed by atoms with E-state index in [0.29, 0.717) is 16.5 Å². The van der Waals surface area contributed by atoms with Crippen molar-refractivity contribution < 1.29 is 9.21 Å². The summed E-state index contributed by atoms with van der Waals surface area (Å²) in [5, 5.41) is 2.91. The van der Waals surface area contributed by atoms with Crippen molar-refractivity contribution in [1.29, 1.82) is 0 Å². The Labute approximate surface area is 139 Å². The number of carbonyl (C=O) groups is 1. The van der Waals surface area contributed by atoms with E-state index in [2.05, 4.69) is 32.9 Å². The maximum atomic E-state index is 12.2. The molecule has 0 saturated carbocycles. The third-order valence-electron chi connectivity index (χ3n) is 3.10. The number of nitrogens with one attached hydrogen (secondary N) is 1. The molecule has 0 aliphatic rings. The summed E-state index contributed by atoms with van der Waals surface area (Å²) in [6, 6.07) is 14.0. The number of amides is 1. The predicted octanol–water partition coefficient (Wildman–Crippen LogP) is 3.38. The Balaban J connectivity index is 1.92. The smallest absolute Gasteiger partial charge is 0.348 e. The van der Waals surface area contributed by atoms with Gasteiger partial charge in [-0.2, -0.15) is 4.98 Å². The quantitative estimate of drug-likeness (QED) is 0.535. The number of alkyl halides is 1. The van der Waals surface area contributed by atoms with Gasteiger partial charge in [-0.05, 0) is 29.8 Å². The standard InChI is InChI=1S/C16H11IN2O3/c17-9-10-4-3-5-11(8-10)14(20)19-16-18-13-7-2-1-6-12(13)15(21)22-16/h1-8H,9H2,(H,18,19,20). The molecule has 110 valence electrons. The number of rotatable bonds is 3. The molecule has 0 fully saturated rings. The molecule has 6 heteroatoms. The molecule has 2 aromatic carbocycles. The Kier molecular flexibility index (Phi) is 4.19. The minimum Gasteiger partial charge on any atom is -0.388 e. The summed E-state index contributed by atoms with van der Waals surface area (Å²) >= 11 is 2.23. The van der Waals surface area contributed by atoms with Gasteiger partial charge in [0.25, 0.3) is 5.91 Å². The Morgan fingerprint density at radius 1 is 1.18 bits per heavy atom. The Hall–Kier alpha value is -2.22. The van der Waals surface area contributed by atoms with Crippen LogP contribution in [0.25, 0.3) is 10.9 Å². The molecule has 3 aromatic rings. The first-order chi connectivity index (χ1) is 10.7. The summed E-state index contributed by atoms with van der Waals surface area (Å²) in [6.45, 7) is 0. The molecule has 5 nitrogen and oxygen atoms in total. The number of halogens is 1. The average molecular weight is 406 g/mol. The van der Waals surface area contributed by atoms with E-state index in [4.69, 9.17) is 4.42 Å². The van der Waals surface area contributed by atoms with Crippen LogP contribution in [0.4, 0.5) is 6.01 Å². The minimum absolute atomic E-state index is 0.103. The lowest BCUT2D eigenvalue weighted by Crippen LogP contribution is -2.15. The second kappa shape index (κ2) is 6.27. The summed E-state index contributed by atoms with van der Waals surface area (Å²) < 4.78 is 5.85. The fraction of sp³-hybridized carbons (Fsp3) is 0.0625. The second-order valence-electron chi connectivity index (χ2n) is 4.61. The van der Waals surface area contributed by atoms with E-state index in [1.165, 1.54) is 0 Å². The van der Waals surface area contributed by atoms with Crippen LogP contribution in [-0.4, -0.2) is 10.9 Å². The van der Waals surface area contributed by atoms with Gasteiger partial charge in [-0.1, -0.05) is 46.9 Å². The van der Waals surface area contributed by atoms with Gasteiger partial charge in [0.15, 0.2) is 0 Å². The van der Waals surface area contributed by atoms with Gasteiger partial charge in [0.2, 0.25) is 0 Å². The molecule has 1 amide bonds. The number of para-hydroxylation sites is 1. The fourth-order valence-electron chi connectivity index (χ4n) is 2.04. The molecule has 0 saturated heterocycles. The van der Waals surface area contributed by atoms with Gasteiger partial charge in [-0.3, -0.25) is 10.1 Å². The number of anilines is 1. The highest BCUT2D eigenvalue weighted by molar-refractivity contribution is 14.1. The van der Waals surface area contributed by atoms with Crippen molar-refractivity contribution in [2.24, 2.45) is 0 Å². The Morgan fingerprint density at radius 2 is 2.00 bits per heavy atom. The van der Waals surface area contributed by atoms with Crippen molar-refractivity contribution in [2.75, 3.05) is 5.32 Å². The van der Waals surface area contributed by atoms with Crippen LogP contribution in [-0.2, 0) is 4.43 Å². The van der Waals surface area contributed by atoms with Gasteiger partial charge in [-0.15, -0.1) is 0 Å². The lowest BCUT2D eigenvalue weighted by Gasteiger charge is -2.05. The molecule has 0 spiro atoms. The first-order valence-corrected chi connectivity index (χ1v) is 8.06. The highest BCUT2D eigenvalue weighted by Crippen LogP contribution is 2.13. The monoisotopic (exact) mass is 406 g/mol. The van der Waals surface area contributed by atoms with Crippen molar-refractivity contribution in [3.63, 3.8) is 0 Å². The van der Waals surface area contributed by atoms with E-state index >= 15 is 0 Å². The number of benzene rings is 2. The number of fused-ring (bicyclic) bond motifs is 1. The molecule has 1 N–H and O–H groups in total. The summed E-state index contributed by atoms with van der Waals surface area (Å²) in [7, 11) is 0. The van der Waals surface area contributed by atoms with Gasteiger partial charge in [0.05, 0.1) is 10.9 Å². The molecule has 3 rings (SSSR count). The zero-order valence-electron chi connectivity index (χ0n) is 11.4. The van der Waals surface area contributed by atoms with Crippen LogP contribution >= 0.6 is 22.6 Å². The largest absolute Gasteiger partial charge is 0.388 e. The lowest BCUT2D eigenvalue weighted by molar-refractivity contribution is 0.102. The zero-order chi connectivity index (χ0) is 15.5. The number of nitrogens with zero attached hydrogens (tertiary/aromatic N) is 1. The van der Waals surface area contributed by atoms with Crippen LogP contribution in [0.5, 0.6) is 0 Å². The van der Waals surface area contributed by atoms with E-state index in [1.54, 1.807) is 36.4 Å². The number of hydrogen-bond acceptors (Lipinski definition) is 4. The zero-order valence-corrected chi connectivity index (χ0v) is 13.5. The normalized spacial score (nSPS) is 10.6. The molecule has 0 radical (unpaired) electrons. The van der Waals surface area contributed by atoms with E-state index < -0.39 is 5.63 Å². The molecule has 0 unspecified atom stereocenters. The van der Waals surface area contributed by atoms with Crippen LogP contribution < -0.4 is 10.9 Å². The Bertz CT molecular complexity index is 905. The molecule has 0 aliphatic carbocycles. The van der Waals surface area contributed by atoms with Crippen LogP contribution in [0.1, 0.15) is 15.9 Å². The van der Waals surface area contributed by atoms with Crippen molar-refractivity contribution >= 4 is 45.4 Å². The summed E-state index contributed by atoms with van der Waals surface area (Å²) in [6.07, 6.45) is 0. The van der Waals surface area contributed by atoms with Crippen molar-refractivity contribution in [1.82, 2.24) is 4.98 Å². The molecule has 22 heavy (non-hydrogen) atoms. The van der Waals surface area contributed by atoms with Gasteiger partial charge in [0.1, 0.15) is 0 Å².